The van der Waals surface area contributed by atoms with Crippen LogP contribution < -0.4 is 0 Å². The van der Waals surface area contributed by atoms with Crippen LogP contribution in [0.15, 0.2) is 11.1 Å². The lowest BCUT2D eigenvalue weighted by Crippen LogP contribution is -1.92. The van der Waals surface area contributed by atoms with Crippen LogP contribution in [0.3, 0.4) is 0 Å². The molecule has 0 aromatic carbocycles. The van der Waals surface area contributed by atoms with Gasteiger partial charge in [0.25, 0.3) is 5.24 Å². The van der Waals surface area contributed by atoms with Gasteiger partial charge in [-0.05, 0) is 11.6 Å². The molecule has 0 amide bonds. The van der Waals surface area contributed by atoms with Crippen molar-refractivity contribution in [2.24, 2.45) is 0 Å². The van der Waals surface area contributed by atoms with Gasteiger partial charge in [0.2, 0.25) is 0 Å². The van der Waals surface area contributed by atoms with Crippen LogP contribution in [0.2, 0.25) is 0 Å². The monoisotopic (exact) mass is 168 g/mol. The fourth-order valence-corrected chi connectivity index (χ4v) is 0.313. The Labute approximate surface area is 60.9 Å². The number of carbonyl (C=O) groups is 2. The molecule has 0 aliphatic carbocycles. The fourth-order valence-electron chi connectivity index (χ4n) is 0.165. The van der Waals surface area contributed by atoms with E-state index in [1.165, 1.54) is 0 Å². The van der Waals surface area contributed by atoms with Crippen molar-refractivity contribution in [1.82, 2.24) is 0 Å². The maximum absolute atomic E-state index is 9.98. The lowest BCUT2D eigenvalue weighted by molar-refractivity contribution is -0.131. The van der Waals surface area contributed by atoms with Crippen molar-refractivity contribution in [1.29, 1.82) is 0 Å². The molecule has 50 valence electrons. The summed E-state index contributed by atoms with van der Waals surface area (Å²) in [5.74, 6) is -1.30. The van der Waals surface area contributed by atoms with Crippen LogP contribution in [0, 0.1) is 0 Å². The highest BCUT2D eigenvalue weighted by atomic mass is 35.5. The van der Waals surface area contributed by atoms with E-state index in [0.717, 1.165) is 0 Å². The van der Waals surface area contributed by atoms with Crippen LogP contribution in [0.5, 0.6) is 0 Å². The molecule has 5 heteroatoms. The Kier molecular flexibility index (Phi) is 3.27. The summed E-state index contributed by atoms with van der Waals surface area (Å²) in [5, 5.41) is 6.49. The van der Waals surface area contributed by atoms with Gasteiger partial charge in [-0.15, -0.1) is 0 Å². The quantitative estimate of drug-likeness (QED) is 0.494. The SMILES string of the molecule is O=C(O)/C=C(/Cl)C(=O)Cl. The van der Waals surface area contributed by atoms with Gasteiger partial charge in [-0.3, -0.25) is 4.79 Å². The van der Waals surface area contributed by atoms with Gasteiger partial charge in [0.05, 0.1) is 0 Å². The summed E-state index contributed by atoms with van der Waals surface area (Å²) in [6.45, 7) is 0. The van der Waals surface area contributed by atoms with Gasteiger partial charge >= 0.3 is 5.97 Å². The topological polar surface area (TPSA) is 54.4 Å². The van der Waals surface area contributed by atoms with Crippen LogP contribution in [0.4, 0.5) is 0 Å². The fraction of sp³-hybridized carbons (Fsp3) is 0. The van der Waals surface area contributed by atoms with Crippen molar-refractivity contribution in [2.75, 3.05) is 0 Å². The zero-order chi connectivity index (χ0) is 7.44. The predicted octanol–water partition coefficient (Wildman–Crippen LogP) is 0.959. The molecule has 0 aromatic rings. The number of aliphatic carboxylic acids is 1. The van der Waals surface area contributed by atoms with E-state index in [4.69, 9.17) is 28.3 Å². The molecule has 9 heavy (non-hydrogen) atoms. The lowest BCUT2D eigenvalue weighted by atomic mass is 10.5. The summed E-state index contributed by atoms with van der Waals surface area (Å²) in [6.07, 6.45) is 0.525. The second-order valence-corrected chi connectivity index (χ2v) is 1.85. The summed E-state index contributed by atoms with van der Waals surface area (Å²) in [7, 11) is 0. The van der Waals surface area contributed by atoms with Crippen LogP contribution >= 0.6 is 23.2 Å². The molecule has 0 aromatic heterocycles. The number of hydrogen-bond acceptors (Lipinski definition) is 2. The van der Waals surface area contributed by atoms with Crippen molar-refractivity contribution >= 4 is 34.4 Å². The third-order valence-electron chi connectivity index (χ3n) is 0.438. The summed E-state index contributed by atoms with van der Waals surface area (Å²) in [6, 6.07) is 0. The van der Waals surface area contributed by atoms with Crippen molar-refractivity contribution in [3.63, 3.8) is 0 Å². The minimum absolute atomic E-state index is 0.496. The third-order valence-corrected chi connectivity index (χ3v) is 1.02. The molecule has 0 bridgehead atoms. The Balaban J connectivity index is 4.17. The molecule has 0 aliphatic rings. The van der Waals surface area contributed by atoms with Gasteiger partial charge in [0.1, 0.15) is 5.03 Å². The standard InChI is InChI=1S/C4H2Cl2O3/c5-2(4(6)9)1-3(7)8/h1H,(H,7,8)/b2-1+. The van der Waals surface area contributed by atoms with Gasteiger partial charge in [-0.1, -0.05) is 11.6 Å². The number of hydrogen-bond donors (Lipinski definition) is 1. The van der Waals surface area contributed by atoms with E-state index >= 15 is 0 Å². The van der Waals surface area contributed by atoms with Crippen molar-refractivity contribution in [3.8, 4) is 0 Å². The molecule has 0 unspecified atom stereocenters. The Hall–Kier alpha value is -0.540. The number of halogens is 2. The van der Waals surface area contributed by atoms with Crippen LogP contribution in [-0.4, -0.2) is 16.3 Å². The summed E-state index contributed by atoms with van der Waals surface area (Å²) >= 11 is 9.78. The smallest absolute Gasteiger partial charge is 0.329 e. The Bertz CT molecular complexity index is 173. The summed E-state index contributed by atoms with van der Waals surface area (Å²) < 4.78 is 0. The summed E-state index contributed by atoms with van der Waals surface area (Å²) in [5.41, 5.74) is 0. The molecular formula is C4H2Cl2O3. The van der Waals surface area contributed by atoms with E-state index in [1.807, 2.05) is 0 Å². The molecule has 3 nitrogen and oxygen atoms in total. The average molecular weight is 169 g/mol. The number of allylic oxidation sites excluding steroid dienone is 1. The molecule has 0 heterocycles. The van der Waals surface area contributed by atoms with Crippen molar-refractivity contribution in [3.05, 3.63) is 11.1 Å². The zero-order valence-corrected chi connectivity index (χ0v) is 5.61. The minimum Gasteiger partial charge on any atom is -0.478 e. The maximum atomic E-state index is 9.98. The van der Waals surface area contributed by atoms with Gasteiger partial charge in [0, 0.05) is 6.08 Å². The van der Waals surface area contributed by atoms with E-state index in [2.05, 4.69) is 0 Å². The minimum atomic E-state index is -1.30. The van der Waals surface area contributed by atoms with Gasteiger partial charge in [-0.2, -0.15) is 0 Å². The van der Waals surface area contributed by atoms with E-state index < -0.39 is 16.2 Å². The first-order valence-corrected chi connectivity index (χ1v) is 2.59. The molecule has 0 saturated heterocycles. The third kappa shape index (κ3) is 4.00. The normalized spacial score (nSPS) is 11.1. The first kappa shape index (κ1) is 8.46. The van der Waals surface area contributed by atoms with E-state index in [-0.39, 0.29) is 0 Å². The average Bonchev–Trinajstić information content (AvgIpc) is 1.63. The molecule has 0 saturated carbocycles. The largest absolute Gasteiger partial charge is 0.478 e. The molecule has 0 spiro atoms. The molecule has 0 fully saturated rings. The Morgan fingerprint density at radius 3 is 1.89 bits per heavy atom. The molecular weight excluding hydrogens is 167 g/mol. The number of carboxylic acids is 1. The maximum Gasteiger partial charge on any atom is 0.329 e. The van der Waals surface area contributed by atoms with Crippen molar-refractivity contribution in [2.45, 2.75) is 0 Å². The highest BCUT2D eigenvalue weighted by Crippen LogP contribution is 2.04. The second-order valence-electron chi connectivity index (χ2n) is 1.10. The molecule has 0 radical (unpaired) electrons. The second kappa shape index (κ2) is 3.48. The first-order valence-electron chi connectivity index (χ1n) is 1.84. The Morgan fingerprint density at radius 2 is 1.78 bits per heavy atom. The Morgan fingerprint density at radius 1 is 1.33 bits per heavy atom. The van der Waals surface area contributed by atoms with Gasteiger partial charge < -0.3 is 5.11 Å². The zero-order valence-electron chi connectivity index (χ0n) is 4.10. The van der Waals surface area contributed by atoms with E-state index in [9.17, 15) is 9.59 Å². The van der Waals surface area contributed by atoms with Crippen molar-refractivity contribution < 1.29 is 14.7 Å². The summed E-state index contributed by atoms with van der Waals surface area (Å²) in [4.78, 5) is 19.7. The highest BCUT2D eigenvalue weighted by Gasteiger charge is 2.02. The van der Waals surface area contributed by atoms with E-state index in [0.29, 0.717) is 6.08 Å². The molecule has 0 rings (SSSR count). The van der Waals surface area contributed by atoms with E-state index in [1.54, 1.807) is 0 Å². The van der Waals surface area contributed by atoms with Gasteiger partial charge in [-0.25, -0.2) is 4.79 Å². The highest BCUT2D eigenvalue weighted by molar-refractivity contribution is 6.74. The predicted molar refractivity (Wildman–Crippen MR) is 32.4 cm³/mol. The van der Waals surface area contributed by atoms with Crippen LogP contribution in [0.25, 0.3) is 0 Å². The van der Waals surface area contributed by atoms with Crippen LogP contribution in [0.1, 0.15) is 0 Å². The van der Waals surface area contributed by atoms with Crippen LogP contribution in [-0.2, 0) is 9.59 Å². The molecule has 0 aliphatic heterocycles. The van der Waals surface area contributed by atoms with Gasteiger partial charge in [0.15, 0.2) is 0 Å². The molecule has 0 atom stereocenters. The number of rotatable bonds is 2. The number of carboxylic acid groups (broad SMARTS) is 1. The lowest BCUT2D eigenvalue weighted by Gasteiger charge is -1.82. The first-order chi connectivity index (χ1) is 4.04. The number of carbonyl (C=O) groups excluding carboxylic acids is 1. The molecule has 1 N–H and O–H groups in total.